The van der Waals surface area contributed by atoms with Crippen molar-refractivity contribution in [1.82, 2.24) is 26.3 Å². The highest BCUT2D eigenvalue weighted by molar-refractivity contribution is 5.96. The van der Waals surface area contributed by atoms with Gasteiger partial charge in [0, 0.05) is 36.4 Å². The fraction of sp³-hybridized carbons (Fsp3) is 0.375. The van der Waals surface area contributed by atoms with Gasteiger partial charge in [0.1, 0.15) is 24.7 Å². The van der Waals surface area contributed by atoms with Crippen LogP contribution in [-0.4, -0.2) is 76.3 Å². The highest BCUT2D eigenvalue weighted by Crippen LogP contribution is 2.19. The van der Waals surface area contributed by atoms with Gasteiger partial charge in [-0.25, -0.2) is 0 Å². The number of aromatic nitrogens is 1. The Labute approximate surface area is 266 Å². The third kappa shape index (κ3) is 10.4. The molecule has 0 aliphatic heterocycles. The van der Waals surface area contributed by atoms with Crippen LogP contribution in [0.15, 0.2) is 60.8 Å². The summed E-state index contributed by atoms with van der Waals surface area (Å²) in [7, 11) is 0. The van der Waals surface area contributed by atoms with Gasteiger partial charge in [0.25, 0.3) is 0 Å². The Balaban J connectivity index is 1.89. The average Bonchev–Trinajstić information content (AvgIpc) is 3.43. The molecule has 46 heavy (non-hydrogen) atoms. The molecule has 0 aliphatic rings. The highest BCUT2D eigenvalue weighted by Gasteiger charge is 2.32. The summed E-state index contributed by atoms with van der Waals surface area (Å²) in [6.45, 7) is 2.74. The number of carbonyl (C=O) groups is 6. The van der Waals surface area contributed by atoms with Crippen LogP contribution in [0.25, 0.3) is 10.9 Å². The number of hydrogen-bond acceptors (Lipinski definition) is 7. The first-order valence-corrected chi connectivity index (χ1v) is 14.9. The van der Waals surface area contributed by atoms with Crippen LogP contribution >= 0.6 is 0 Å². The van der Waals surface area contributed by atoms with Crippen LogP contribution in [0.1, 0.15) is 37.8 Å². The Hall–Kier alpha value is -5.24. The van der Waals surface area contributed by atoms with Crippen molar-refractivity contribution in [2.24, 2.45) is 17.4 Å². The highest BCUT2D eigenvalue weighted by atomic mass is 16.4. The number of benzene rings is 2. The first kappa shape index (κ1) is 35.2. The zero-order chi connectivity index (χ0) is 33.8. The number of carbonyl (C=O) groups excluding carboxylic acids is 5. The molecule has 0 radical (unpaired) electrons. The molecule has 0 fully saturated rings. The predicted octanol–water partition coefficient (Wildman–Crippen LogP) is -0.143. The van der Waals surface area contributed by atoms with Crippen LogP contribution in [0, 0.1) is 5.92 Å². The largest absolute Gasteiger partial charge is 0.480 e. The second-order valence-corrected chi connectivity index (χ2v) is 11.3. The lowest BCUT2D eigenvalue weighted by Crippen LogP contribution is -2.59. The minimum absolute atomic E-state index is 0.0256. The van der Waals surface area contributed by atoms with E-state index in [0.717, 1.165) is 16.5 Å². The molecule has 0 saturated carbocycles. The van der Waals surface area contributed by atoms with Crippen molar-refractivity contribution in [2.45, 2.75) is 63.7 Å². The van der Waals surface area contributed by atoms with Gasteiger partial charge in [0.05, 0.1) is 6.04 Å². The maximum absolute atomic E-state index is 13.9. The van der Waals surface area contributed by atoms with Crippen LogP contribution in [0.2, 0.25) is 0 Å². The van der Waals surface area contributed by atoms with Crippen molar-refractivity contribution in [3.05, 3.63) is 71.9 Å². The van der Waals surface area contributed by atoms with Crippen LogP contribution in [0.4, 0.5) is 0 Å². The molecular weight excluding hydrogens is 594 g/mol. The molecule has 1 aromatic heterocycles. The summed E-state index contributed by atoms with van der Waals surface area (Å²) < 4.78 is 0. The zero-order valence-electron chi connectivity index (χ0n) is 25.7. The monoisotopic (exact) mass is 635 g/mol. The molecule has 0 saturated heterocycles. The number of hydrogen-bond donors (Lipinski definition) is 8. The Morgan fingerprint density at radius 2 is 1.41 bits per heavy atom. The van der Waals surface area contributed by atoms with Crippen LogP contribution in [0.5, 0.6) is 0 Å². The average molecular weight is 636 g/mol. The third-order valence-corrected chi connectivity index (χ3v) is 7.35. The lowest BCUT2D eigenvalue weighted by molar-refractivity contribution is -0.139. The number of amides is 5. The van der Waals surface area contributed by atoms with Crippen LogP contribution < -0.4 is 32.7 Å². The second-order valence-electron chi connectivity index (χ2n) is 11.3. The number of aliphatic carboxylic acids is 1. The van der Waals surface area contributed by atoms with Gasteiger partial charge in [-0.15, -0.1) is 0 Å². The SMILES string of the molecule is CC(C)C(NC(=O)C(Cc1ccccc1)NC(=O)C(Cc1c[nH]c2ccccc12)NC(=O)C(N)CCC(N)=O)C(=O)NCC(=O)O. The Morgan fingerprint density at radius 3 is 2.07 bits per heavy atom. The Kier molecular flexibility index (Phi) is 12.8. The minimum atomic E-state index is -1.24. The van der Waals surface area contributed by atoms with Gasteiger partial charge in [-0.3, -0.25) is 28.8 Å². The number of nitrogens with two attached hydrogens (primary N) is 2. The minimum Gasteiger partial charge on any atom is -0.480 e. The van der Waals surface area contributed by atoms with E-state index in [1.807, 2.05) is 24.3 Å². The predicted molar refractivity (Wildman–Crippen MR) is 170 cm³/mol. The van der Waals surface area contributed by atoms with Crippen molar-refractivity contribution >= 4 is 46.4 Å². The number of primary amides is 1. The van der Waals surface area contributed by atoms with E-state index in [1.54, 1.807) is 50.4 Å². The van der Waals surface area contributed by atoms with Crippen LogP contribution in [0.3, 0.4) is 0 Å². The van der Waals surface area contributed by atoms with Gasteiger partial charge in [0.2, 0.25) is 29.5 Å². The van der Waals surface area contributed by atoms with Crippen molar-refractivity contribution < 1.29 is 33.9 Å². The van der Waals surface area contributed by atoms with E-state index in [0.29, 0.717) is 5.56 Å². The molecule has 2 aromatic carbocycles. The van der Waals surface area contributed by atoms with Crippen molar-refractivity contribution in [3.63, 3.8) is 0 Å². The number of carboxylic acid groups (broad SMARTS) is 1. The van der Waals surface area contributed by atoms with Gasteiger partial charge in [-0.1, -0.05) is 62.4 Å². The molecular formula is C32H41N7O7. The van der Waals surface area contributed by atoms with Crippen molar-refractivity contribution in [2.75, 3.05) is 6.54 Å². The van der Waals surface area contributed by atoms with Gasteiger partial charge in [-0.05, 0) is 29.5 Å². The van der Waals surface area contributed by atoms with E-state index in [1.165, 1.54) is 0 Å². The Morgan fingerprint density at radius 1 is 0.804 bits per heavy atom. The van der Waals surface area contributed by atoms with Gasteiger partial charge in [0.15, 0.2) is 0 Å². The standard InChI is InChI=1S/C32H41N7O7/c1-18(2)28(32(46)36-17-27(41)42)39-31(45)24(14-19-8-4-3-5-9-19)38-30(44)25(37-29(43)22(33)12-13-26(34)40)15-20-16-35-23-11-7-6-10-21(20)23/h3-11,16,18,22,24-25,28,35H,12-15,17,33H2,1-2H3,(H2,34,40)(H,36,46)(H,37,43)(H,38,44)(H,39,45)(H,41,42). The smallest absolute Gasteiger partial charge is 0.322 e. The van der Waals surface area contributed by atoms with Gasteiger partial charge < -0.3 is 42.8 Å². The van der Waals surface area contributed by atoms with Crippen molar-refractivity contribution in [3.8, 4) is 0 Å². The molecule has 3 aromatic rings. The number of H-pyrrole nitrogens is 1. The fourth-order valence-electron chi connectivity index (χ4n) is 4.83. The molecule has 14 nitrogen and oxygen atoms in total. The van der Waals surface area contributed by atoms with Gasteiger partial charge >= 0.3 is 5.97 Å². The summed E-state index contributed by atoms with van der Waals surface area (Å²) in [4.78, 5) is 78.7. The molecule has 5 amide bonds. The summed E-state index contributed by atoms with van der Waals surface area (Å²) >= 11 is 0. The summed E-state index contributed by atoms with van der Waals surface area (Å²) in [5.74, 6) is -5.02. The first-order chi connectivity index (χ1) is 21.8. The van der Waals surface area contributed by atoms with E-state index in [4.69, 9.17) is 16.6 Å². The van der Waals surface area contributed by atoms with Crippen molar-refractivity contribution in [1.29, 1.82) is 0 Å². The summed E-state index contributed by atoms with van der Waals surface area (Å²) in [6.07, 6.45) is 1.66. The number of rotatable bonds is 17. The lowest BCUT2D eigenvalue weighted by Gasteiger charge is -2.27. The maximum Gasteiger partial charge on any atom is 0.322 e. The molecule has 10 N–H and O–H groups in total. The molecule has 3 rings (SSSR count). The van der Waals surface area contributed by atoms with E-state index >= 15 is 0 Å². The molecule has 1 heterocycles. The molecule has 4 atom stereocenters. The molecule has 0 aliphatic carbocycles. The Bertz CT molecular complexity index is 1540. The number of carboxylic acids is 1. The normalized spacial score (nSPS) is 13.7. The van der Waals surface area contributed by atoms with Crippen LogP contribution in [-0.2, 0) is 41.6 Å². The first-order valence-electron chi connectivity index (χ1n) is 14.9. The number of fused-ring (bicyclic) bond motifs is 1. The maximum atomic E-state index is 13.9. The van der Waals surface area contributed by atoms with Gasteiger partial charge in [-0.2, -0.15) is 0 Å². The van der Waals surface area contributed by atoms with E-state index < -0.39 is 72.1 Å². The quantitative estimate of drug-likeness (QED) is 0.0990. The second kappa shape index (κ2) is 16.7. The van der Waals surface area contributed by atoms with E-state index in [9.17, 15) is 28.8 Å². The summed E-state index contributed by atoms with van der Waals surface area (Å²) in [5.41, 5.74) is 13.4. The summed E-state index contributed by atoms with van der Waals surface area (Å²) in [6, 6.07) is 11.7. The molecule has 246 valence electrons. The molecule has 0 bridgehead atoms. The lowest BCUT2D eigenvalue weighted by atomic mass is 9.99. The number of para-hydroxylation sites is 1. The zero-order valence-corrected chi connectivity index (χ0v) is 25.7. The summed E-state index contributed by atoms with van der Waals surface area (Å²) in [5, 5.41) is 20.1. The number of nitrogens with one attached hydrogen (secondary N) is 5. The number of aromatic amines is 1. The van der Waals surface area contributed by atoms with E-state index in [-0.39, 0.29) is 25.7 Å². The molecule has 0 spiro atoms. The molecule has 14 heteroatoms. The molecule has 4 unspecified atom stereocenters. The fourth-order valence-corrected chi connectivity index (χ4v) is 4.83. The van der Waals surface area contributed by atoms with E-state index in [2.05, 4.69) is 26.3 Å². The topological polar surface area (TPSA) is 239 Å². The third-order valence-electron chi connectivity index (χ3n) is 7.35.